The number of carbonyl (C=O) groups excluding carboxylic acids is 1. The lowest BCUT2D eigenvalue weighted by molar-refractivity contribution is -0.117. The molecule has 0 aliphatic carbocycles. The summed E-state index contributed by atoms with van der Waals surface area (Å²) in [5.41, 5.74) is 9.91. The minimum Gasteiger partial charge on any atom is -0.396 e. The maximum absolute atomic E-state index is 13.0. The average molecular weight is 246 g/mol. The fraction of sp³-hybridized carbons (Fsp3) is 0.222. The summed E-state index contributed by atoms with van der Waals surface area (Å²) < 4.78 is 36.2. The molecule has 4 N–H and O–H groups in total. The van der Waals surface area contributed by atoms with Crippen molar-refractivity contribution in [2.24, 2.45) is 5.73 Å². The molecule has 0 saturated carbocycles. The van der Waals surface area contributed by atoms with E-state index in [9.17, 15) is 17.6 Å². The summed E-state index contributed by atoms with van der Waals surface area (Å²) in [4.78, 5) is 10.3. The van der Waals surface area contributed by atoms with Crippen molar-refractivity contribution in [3.05, 3.63) is 24.0 Å². The Morgan fingerprint density at radius 1 is 1.38 bits per heavy atom. The van der Waals surface area contributed by atoms with Crippen LogP contribution in [-0.4, -0.2) is 20.1 Å². The van der Waals surface area contributed by atoms with Crippen LogP contribution in [0, 0.1) is 5.82 Å². The summed E-state index contributed by atoms with van der Waals surface area (Å²) >= 11 is 0. The fourth-order valence-corrected chi connectivity index (χ4v) is 2.32. The summed E-state index contributed by atoms with van der Waals surface area (Å²) in [5, 5.41) is 0. The first-order chi connectivity index (χ1) is 7.33. The Labute approximate surface area is 92.2 Å². The molecule has 0 fully saturated rings. The molecule has 0 unspecified atom stereocenters. The summed E-state index contributed by atoms with van der Waals surface area (Å²) in [6, 6.07) is 3.17. The van der Waals surface area contributed by atoms with Crippen molar-refractivity contribution < 1.29 is 17.6 Å². The monoisotopic (exact) mass is 246 g/mol. The number of primary amides is 1. The van der Waals surface area contributed by atoms with Gasteiger partial charge in [0, 0.05) is 6.42 Å². The number of nitrogen functional groups attached to an aromatic ring is 1. The Morgan fingerprint density at radius 2 is 2.00 bits per heavy atom. The summed E-state index contributed by atoms with van der Waals surface area (Å²) in [7, 11) is -3.69. The largest absolute Gasteiger partial charge is 0.396 e. The van der Waals surface area contributed by atoms with Gasteiger partial charge in [-0.05, 0) is 18.2 Å². The molecule has 5 nitrogen and oxygen atoms in total. The first kappa shape index (κ1) is 12.4. The zero-order chi connectivity index (χ0) is 12.3. The second-order valence-corrected chi connectivity index (χ2v) is 5.33. The minimum absolute atomic E-state index is 0.131. The van der Waals surface area contributed by atoms with Crippen molar-refractivity contribution in [1.29, 1.82) is 0 Å². The third-order valence-corrected chi connectivity index (χ3v) is 3.66. The maximum Gasteiger partial charge on any atom is 0.218 e. The zero-order valence-corrected chi connectivity index (χ0v) is 9.13. The Kier molecular flexibility index (Phi) is 3.48. The van der Waals surface area contributed by atoms with Crippen LogP contribution in [0.15, 0.2) is 23.1 Å². The number of sulfone groups is 1. The van der Waals surface area contributed by atoms with Gasteiger partial charge in [-0.15, -0.1) is 0 Å². The molecule has 0 saturated heterocycles. The van der Waals surface area contributed by atoms with E-state index in [0.717, 1.165) is 12.1 Å². The van der Waals surface area contributed by atoms with Crippen LogP contribution in [0.2, 0.25) is 0 Å². The van der Waals surface area contributed by atoms with E-state index in [0.29, 0.717) is 0 Å². The molecule has 0 spiro atoms. The van der Waals surface area contributed by atoms with Gasteiger partial charge >= 0.3 is 0 Å². The Balaban J connectivity index is 2.99. The van der Waals surface area contributed by atoms with E-state index in [2.05, 4.69) is 0 Å². The van der Waals surface area contributed by atoms with Gasteiger partial charge in [0.05, 0.1) is 16.3 Å². The molecule has 0 atom stereocenters. The minimum atomic E-state index is -3.69. The van der Waals surface area contributed by atoms with Crippen molar-refractivity contribution in [2.45, 2.75) is 11.3 Å². The quantitative estimate of drug-likeness (QED) is 0.733. The molecule has 0 aromatic heterocycles. The summed E-state index contributed by atoms with van der Waals surface area (Å²) in [6.45, 7) is 0. The molecular formula is C9H11FN2O3S. The van der Waals surface area contributed by atoms with Gasteiger partial charge in [0.15, 0.2) is 9.84 Å². The number of benzene rings is 1. The van der Waals surface area contributed by atoms with Gasteiger partial charge in [-0.1, -0.05) is 0 Å². The lowest BCUT2D eigenvalue weighted by Crippen LogP contribution is -2.17. The number of rotatable bonds is 4. The van der Waals surface area contributed by atoms with Crippen LogP contribution in [0.4, 0.5) is 10.1 Å². The van der Waals surface area contributed by atoms with E-state index in [-0.39, 0.29) is 17.0 Å². The maximum atomic E-state index is 13.0. The topological polar surface area (TPSA) is 103 Å². The molecular weight excluding hydrogens is 235 g/mol. The molecule has 88 valence electrons. The highest BCUT2D eigenvalue weighted by molar-refractivity contribution is 7.91. The number of anilines is 1. The second-order valence-electron chi connectivity index (χ2n) is 3.22. The van der Waals surface area contributed by atoms with Gasteiger partial charge in [-0.2, -0.15) is 0 Å². The molecule has 1 aromatic carbocycles. The van der Waals surface area contributed by atoms with Crippen LogP contribution in [0.25, 0.3) is 0 Å². The van der Waals surface area contributed by atoms with Gasteiger partial charge in [0.2, 0.25) is 5.91 Å². The number of nitrogens with two attached hydrogens (primary N) is 2. The predicted octanol–water partition coefficient (Wildman–Crippen LogP) is 0.0570. The second kappa shape index (κ2) is 4.48. The third kappa shape index (κ3) is 2.93. The molecule has 0 heterocycles. The van der Waals surface area contributed by atoms with Crippen molar-refractivity contribution >= 4 is 21.4 Å². The molecule has 0 radical (unpaired) electrons. The van der Waals surface area contributed by atoms with Gasteiger partial charge in [-0.3, -0.25) is 4.79 Å². The van der Waals surface area contributed by atoms with Crippen LogP contribution < -0.4 is 11.5 Å². The SMILES string of the molecule is NC(=O)CCS(=O)(=O)c1ccc(N)c(F)c1. The first-order valence-corrected chi connectivity index (χ1v) is 6.04. The van der Waals surface area contributed by atoms with Crippen molar-refractivity contribution in [3.8, 4) is 0 Å². The molecule has 16 heavy (non-hydrogen) atoms. The van der Waals surface area contributed by atoms with Crippen molar-refractivity contribution in [1.82, 2.24) is 0 Å². The lowest BCUT2D eigenvalue weighted by atomic mass is 10.3. The van der Waals surface area contributed by atoms with E-state index >= 15 is 0 Å². The van der Waals surface area contributed by atoms with Crippen molar-refractivity contribution in [3.63, 3.8) is 0 Å². The zero-order valence-electron chi connectivity index (χ0n) is 8.31. The summed E-state index contributed by atoms with van der Waals surface area (Å²) in [6.07, 6.45) is -0.297. The number of amides is 1. The van der Waals surface area contributed by atoms with Crippen LogP contribution in [0.3, 0.4) is 0 Å². The average Bonchev–Trinajstić information content (AvgIpc) is 2.19. The summed E-state index contributed by atoms with van der Waals surface area (Å²) in [5.74, 6) is -1.97. The molecule has 1 amide bonds. The fourth-order valence-electron chi connectivity index (χ4n) is 1.05. The molecule has 0 aliphatic heterocycles. The third-order valence-electron chi connectivity index (χ3n) is 1.95. The van der Waals surface area contributed by atoms with E-state index in [1.807, 2.05) is 0 Å². The van der Waals surface area contributed by atoms with Crippen molar-refractivity contribution in [2.75, 3.05) is 11.5 Å². The van der Waals surface area contributed by atoms with Gasteiger partial charge in [0.1, 0.15) is 5.82 Å². The van der Waals surface area contributed by atoms with Crippen LogP contribution in [-0.2, 0) is 14.6 Å². The Morgan fingerprint density at radius 3 is 2.50 bits per heavy atom. The van der Waals surface area contributed by atoms with E-state index in [4.69, 9.17) is 11.5 Å². The molecule has 1 aromatic rings. The van der Waals surface area contributed by atoms with E-state index < -0.39 is 27.3 Å². The Bertz CT molecular complexity index is 513. The van der Waals surface area contributed by atoms with Crippen LogP contribution >= 0.6 is 0 Å². The normalized spacial score (nSPS) is 11.3. The number of carbonyl (C=O) groups is 1. The molecule has 1 rings (SSSR count). The van der Waals surface area contributed by atoms with Gasteiger partial charge in [0.25, 0.3) is 0 Å². The van der Waals surface area contributed by atoms with Crippen LogP contribution in [0.1, 0.15) is 6.42 Å². The van der Waals surface area contributed by atoms with Crippen LogP contribution in [0.5, 0.6) is 0 Å². The molecule has 7 heteroatoms. The molecule has 0 aliphatic rings. The Hall–Kier alpha value is -1.63. The highest BCUT2D eigenvalue weighted by Gasteiger charge is 2.16. The predicted molar refractivity (Wildman–Crippen MR) is 56.7 cm³/mol. The number of hydrogen-bond acceptors (Lipinski definition) is 4. The van der Waals surface area contributed by atoms with Gasteiger partial charge < -0.3 is 11.5 Å². The van der Waals surface area contributed by atoms with Gasteiger partial charge in [-0.25, -0.2) is 12.8 Å². The highest BCUT2D eigenvalue weighted by atomic mass is 32.2. The highest BCUT2D eigenvalue weighted by Crippen LogP contribution is 2.17. The standard InChI is InChI=1S/C9H11FN2O3S/c10-7-5-6(1-2-8(7)11)16(14,15)4-3-9(12)13/h1-2,5H,3-4,11H2,(H2,12,13). The van der Waals surface area contributed by atoms with E-state index in [1.165, 1.54) is 6.07 Å². The number of hydrogen-bond donors (Lipinski definition) is 2. The molecule has 0 bridgehead atoms. The first-order valence-electron chi connectivity index (χ1n) is 4.39. The lowest BCUT2D eigenvalue weighted by Gasteiger charge is -2.04. The number of halogens is 1. The smallest absolute Gasteiger partial charge is 0.218 e. The van der Waals surface area contributed by atoms with E-state index in [1.54, 1.807) is 0 Å².